The van der Waals surface area contributed by atoms with Crippen molar-refractivity contribution < 1.29 is 0 Å². The van der Waals surface area contributed by atoms with Gasteiger partial charge in [0.05, 0.1) is 0 Å². The second-order valence-electron chi connectivity index (χ2n) is 4.64. The van der Waals surface area contributed by atoms with Gasteiger partial charge in [0.15, 0.2) is 0 Å². The fourth-order valence-electron chi connectivity index (χ4n) is 1.87. The smallest absolute Gasteiger partial charge is 0.00440 e. The maximum absolute atomic E-state index is 3.29. The molecule has 0 amide bonds. The summed E-state index contributed by atoms with van der Waals surface area (Å²) in [4.78, 5) is 0. The van der Waals surface area contributed by atoms with E-state index in [-0.39, 0.29) is 5.41 Å². The molecule has 1 unspecified atom stereocenters. The van der Waals surface area contributed by atoms with Crippen LogP contribution in [0.1, 0.15) is 32.8 Å². The Morgan fingerprint density at radius 2 is 1.79 bits per heavy atom. The molecule has 1 rings (SSSR count). The van der Waals surface area contributed by atoms with Crippen LogP contribution in [0.2, 0.25) is 0 Å². The molecule has 1 N–H and O–H groups in total. The summed E-state index contributed by atoms with van der Waals surface area (Å²) in [6, 6.07) is 11.3. The third kappa shape index (κ3) is 2.85. The summed E-state index contributed by atoms with van der Waals surface area (Å²) in [5.41, 5.74) is 1.67. The van der Waals surface area contributed by atoms with Gasteiger partial charge in [-0.15, -0.1) is 0 Å². The van der Waals surface area contributed by atoms with Crippen molar-refractivity contribution in [3.63, 3.8) is 0 Å². The average molecular weight is 191 g/mol. The largest absolute Gasteiger partial charge is 0.317 e. The first kappa shape index (κ1) is 11.3. The number of rotatable bonds is 4. The van der Waals surface area contributed by atoms with Gasteiger partial charge >= 0.3 is 0 Å². The van der Waals surface area contributed by atoms with Crippen LogP contribution in [0.4, 0.5) is 0 Å². The Balaban J connectivity index is 2.75. The fourth-order valence-corrected chi connectivity index (χ4v) is 1.87. The summed E-state index contributed by atoms with van der Waals surface area (Å²) < 4.78 is 0. The van der Waals surface area contributed by atoms with Gasteiger partial charge in [0.25, 0.3) is 0 Å². The van der Waals surface area contributed by atoms with Gasteiger partial charge in [-0.1, -0.05) is 44.2 Å². The quantitative estimate of drug-likeness (QED) is 0.771. The Labute approximate surface area is 87.5 Å². The van der Waals surface area contributed by atoms with Crippen LogP contribution in [-0.2, 0) is 5.41 Å². The standard InChI is InChI=1S/C13H21N/c1-11(14-4)10-13(2,3)12-8-6-5-7-9-12/h5-9,11,14H,10H2,1-4H3. The molecule has 0 aliphatic carbocycles. The summed E-state index contributed by atoms with van der Waals surface area (Å²) in [6.07, 6.45) is 1.16. The van der Waals surface area contributed by atoms with Gasteiger partial charge in [-0.05, 0) is 31.4 Å². The van der Waals surface area contributed by atoms with Gasteiger partial charge in [-0.2, -0.15) is 0 Å². The van der Waals surface area contributed by atoms with E-state index in [1.165, 1.54) is 5.56 Å². The molecule has 78 valence electrons. The molecule has 0 saturated heterocycles. The van der Waals surface area contributed by atoms with Crippen LogP contribution in [0.5, 0.6) is 0 Å². The molecule has 0 spiro atoms. The molecule has 1 atom stereocenters. The van der Waals surface area contributed by atoms with Gasteiger partial charge in [0.2, 0.25) is 0 Å². The van der Waals surface area contributed by atoms with Crippen molar-refractivity contribution in [3.8, 4) is 0 Å². The molecule has 0 saturated carbocycles. The summed E-state index contributed by atoms with van der Waals surface area (Å²) >= 11 is 0. The molecule has 14 heavy (non-hydrogen) atoms. The lowest BCUT2D eigenvalue weighted by Crippen LogP contribution is -2.30. The number of nitrogens with one attached hydrogen (secondary N) is 1. The predicted molar refractivity (Wildman–Crippen MR) is 62.6 cm³/mol. The Kier molecular flexibility index (Phi) is 3.70. The van der Waals surface area contributed by atoms with Crippen molar-refractivity contribution in [3.05, 3.63) is 35.9 Å². The summed E-state index contributed by atoms with van der Waals surface area (Å²) in [5, 5.41) is 3.29. The summed E-state index contributed by atoms with van der Waals surface area (Å²) in [6.45, 7) is 6.83. The van der Waals surface area contributed by atoms with Crippen molar-refractivity contribution in [2.45, 2.75) is 38.6 Å². The van der Waals surface area contributed by atoms with Gasteiger partial charge in [-0.25, -0.2) is 0 Å². The van der Waals surface area contributed by atoms with E-state index in [0.29, 0.717) is 6.04 Å². The van der Waals surface area contributed by atoms with E-state index in [0.717, 1.165) is 6.42 Å². The Morgan fingerprint density at radius 3 is 2.29 bits per heavy atom. The third-order valence-corrected chi connectivity index (χ3v) is 2.86. The van der Waals surface area contributed by atoms with Crippen molar-refractivity contribution in [1.29, 1.82) is 0 Å². The van der Waals surface area contributed by atoms with E-state index in [4.69, 9.17) is 0 Å². The normalized spacial score (nSPS) is 14.0. The summed E-state index contributed by atoms with van der Waals surface area (Å²) in [5.74, 6) is 0. The number of hydrogen-bond donors (Lipinski definition) is 1. The molecular formula is C13H21N. The minimum atomic E-state index is 0.254. The second kappa shape index (κ2) is 4.61. The first-order valence-corrected chi connectivity index (χ1v) is 5.29. The topological polar surface area (TPSA) is 12.0 Å². The minimum Gasteiger partial charge on any atom is -0.317 e. The molecule has 1 aromatic rings. The lowest BCUT2D eigenvalue weighted by atomic mass is 9.79. The van der Waals surface area contributed by atoms with E-state index >= 15 is 0 Å². The van der Waals surface area contributed by atoms with E-state index in [1.54, 1.807) is 0 Å². The van der Waals surface area contributed by atoms with Crippen LogP contribution in [0.3, 0.4) is 0 Å². The first-order valence-electron chi connectivity index (χ1n) is 5.29. The van der Waals surface area contributed by atoms with Crippen molar-refractivity contribution in [1.82, 2.24) is 5.32 Å². The Morgan fingerprint density at radius 1 is 1.21 bits per heavy atom. The van der Waals surface area contributed by atoms with Crippen LogP contribution in [0.15, 0.2) is 30.3 Å². The highest BCUT2D eigenvalue weighted by Gasteiger charge is 2.22. The van der Waals surface area contributed by atoms with Crippen molar-refractivity contribution in [2.24, 2.45) is 0 Å². The van der Waals surface area contributed by atoms with Gasteiger partial charge in [0.1, 0.15) is 0 Å². The molecule has 0 bridgehead atoms. The van der Waals surface area contributed by atoms with Crippen molar-refractivity contribution in [2.75, 3.05) is 7.05 Å². The van der Waals surface area contributed by atoms with Gasteiger partial charge < -0.3 is 5.32 Å². The summed E-state index contributed by atoms with van der Waals surface area (Å²) in [7, 11) is 2.02. The Bertz CT molecular complexity index is 264. The molecule has 1 heteroatoms. The van der Waals surface area contributed by atoms with Crippen molar-refractivity contribution >= 4 is 0 Å². The molecule has 0 fully saturated rings. The van der Waals surface area contributed by atoms with Gasteiger partial charge in [0, 0.05) is 6.04 Å². The van der Waals surface area contributed by atoms with E-state index in [2.05, 4.69) is 56.4 Å². The maximum atomic E-state index is 3.29. The molecule has 1 aromatic carbocycles. The predicted octanol–water partition coefficient (Wildman–Crippen LogP) is 2.96. The molecule has 0 aliphatic rings. The average Bonchev–Trinajstić information content (AvgIpc) is 2.18. The first-order chi connectivity index (χ1) is 6.56. The Hall–Kier alpha value is -0.820. The van der Waals surface area contributed by atoms with Gasteiger partial charge in [-0.3, -0.25) is 0 Å². The van der Waals surface area contributed by atoms with E-state index in [9.17, 15) is 0 Å². The second-order valence-corrected chi connectivity index (χ2v) is 4.64. The van der Waals surface area contributed by atoms with E-state index in [1.807, 2.05) is 7.05 Å². The van der Waals surface area contributed by atoms with Crippen LogP contribution < -0.4 is 5.32 Å². The SMILES string of the molecule is CNC(C)CC(C)(C)c1ccccc1. The lowest BCUT2D eigenvalue weighted by Gasteiger charge is -2.28. The zero-order chi connectivity index (χ0) is 10.6. The van der Waals surface area contributed by atoms with Crippen LogP contribution in [-0.4, -0.2) is 13.1 Å². The molecule has 0 heterocycles. The van der Waals surface area contributed by atoms with Crippen LogP contribution in [0, 0.1) is 0 Å². The maximum Gasteiger partial charge on any atom is 0.00440 e. The molecule has 1 nitrogen and oxygen atoms in total. The highest BCUT2D eigenvalue weighted by atomic mass is 14.9. The lowest BCUT2D eigenvalue weighted by molar-refractivity contribution is 0.405. The zero-order valence-electron chi connectivity index (χ0n) is 9.67. The zero-order valence-corrected chi connectivity index (χ0v) is 9.67. The fraction of sp³-hybridized carbons (Fsp3) is 0.538. The molecule has 0 aliphatic heterocycles. The molecule has 0 radical (unpaired) electrons. The highest BCUT2D eigenvalue weighted by molar-refractivity contribution is 5.23. The number of hydrogen-bond acceptors (Lipinski definition) is 1. The number of benzene rings is 1. The molecule has 0 aromatic heterocycles. The van der Waals surface area contributed by atoms with Crippen LogP contribution >= 0.6 is 0 Å². The minimum absolute atomic E-state index is 0.254. The monoisotopic (exact) mass is 191 g/mol. The third-order valence-electron chi connectivity index (χ3n) is 2.86. The highest BCUT2D eigenvalue weighted by Crippen LogP contribution is 2.27. The van der Waals surface area contributed by atoms with Crippen LogP contribution in [0.25, 0.3) is 0 Å². The molecular weight excluding hydrogens is 170 g/mol. The van der Waals surface area contributed by atoms with E-state index < -0.39 is 0 Å².